The molecule has 0 amide bonds. The van der Waals surface area contributed by atoms with Gasteiger partial charge < -0.3 is 19.6 Å². The standard InChI is InChI=1S/C14H17N3O3/c1-20-10-4-6-17-11(8-10)13(14(18)19)16-12(17)7-9-3-2-5-15-9/h4,6,8-9,15H,2-3,5,7H2,1H3,(H,18,19). The van der Waals surface area contributed by atoms with Crippen LogP contribution in [0.3, 0.4) is 0 Å². The van der Waals surface area contributed by atoms with Gasteiger partial charge in [-0.25, -0.2) is 9.78 Å². The number of nitrogens with one attached hydrogen (secondary N) is 1. The van der Waals surface area contributed by atoms with Gasteiger partial charge in [0.2, 0.25) is 0 Å². The number of imidazole rings is 1. The smallest absolute Gasteiger partial charge is 0.356 e. The molecule has 0 radical (unpaired) electrons. The van der Waals surface area contributed by atoms with Crippen LogP contribution >= 0.6 is 0 Å². The summed E-state index contributed by atoms with van der Waals surface area (Å²) in [5, 5.41) is 12.7. The summed E-state index contributed by atoms with van der Waals surface area (Å²) < 4.78 is 6.99. The fourth-order valence-electron chi connectivity index (χ4n) is 2.71. The Bertz CT molecular complexity index is 644. The third-order valence-corrected chi connectivity index (χ3v) is 3.72. The minimum absolute atomic E-state index is 0.0805. The van der Waals surface area contributed by atoms with Gasteiger partial charge in [0.1, 0.15) is 11.6 Å². The molecule has 0 spiro atoms. The molecule has 0 aliphatic carbocycles. The van der Waals surface area contributed by atoms with E-state index in [2.05, 4.69) is 10.3 Å². The molecule has 6 nitrogen and oxygen atoms in total. The van der Waals surface area contributed by atoms with Crippen LogP contribution < -0.4 is 10.1 Å². The Hall–Kier alpha value is -2.08. The zero-order valence-corrected chi connectivity index (χ0v) is 11.3. The largest absolute Gasteiger partial charge is 0.497 e. The van der Waals surface area contributed by atoms with Gasteiger partial charge in [0.25, 0.3) is 0 Å². The van der Waals surface area contributed by atoms with E-state index in [1.807, 2.05) is 16.7 Å². The highest BCUT2D eigenvalue weighted by atomic mass is 16.5. The highest BCUT2D eigenvalue weighted by Gasteiger charge is 2.21. The lowest BCUT2D eigenvalue weighted by molar-refractivity contribution is 0.0693. The average Bonchev–Trinajstić information content (AvgIpc) is 3.07. The van der Waals surface area contributed by atoms with E-state index in [1.54, 1.807) is 13.2 Å². The maximum absolute atomic E-state index is 11.3. The molecule has 2 aromatic heterocycles. The summed E-state index contributed by atoms with van der Waals surface area (Å²) in [7, 11) is 1.56. The van der Waals surface area contributed by atoms with E-state index in [9.17, 15) is 9.90 Å². The number of ether oxygens (including phenoxy) is 1. The molecule has 1 atom stereocenters. The lowest BCUT2D eigenvalue weighted by Gasteiger charge is -2.09. The van der Waals surface area contributed by atoms with Crippen molar-refractivity contribution in [3.05, 3.63) is 29.8 Å². The Morgan fingerprint density at radius 3 is 3.15 bits per heavy atom. The zero-order valence-electron chi connectivity index (χ0n) is 11.3. The van der Waals surface area contributed by atoms with E-state index in [1.165, 1.54) is 0 Å². The number of rotatable bonds is 4. The minimum atomic E-state index is -1.01. The van der Waals surface area contributed by atoms with Crippen molar-refractivity contribution in [3.8, 4) is 5.75 Å². The number of carboxylic acid groups (broad SMARTS) is 1. The Morgan fingerprint density at radius 2 is 2.50 bits per heavy atom. The molecule has 2 N–H and O–H groups in total. The van der Waals surface area contributed by atoms with Crippen LogP contribution in [0.1, 0.15) is 29.2 Å². The number of pyridine rings is 1. The minimum Gasteiger partial charge on any atom is -0.497 e. The van der Waals surface area contributed by atoms with Crippen molar-refractivity contribution in [1.82, 2.24) is 14.7 Å². The molecule has 1 saturated heterocycles. The number of fused-ring (bicyclic) bond motifs is 1. The van der Waals surface area contributed by atoms with Gasteiger partial charge in [-0.2, -0.15) is 0 Å². The summed E-state index contributed by atoms with van der Waals surface area (Å²) in [5.41, 5.74) is 0.654. The number of carbonyl (C=O) groups is 1. The topological polar surface area (TPSA) is 75.9 Å². The summed E-state index contributed by atoms with van der Waals surface area (Å²) in [6.07, 6.45) is 4.82. The molecule has 0 aromatic carbocycles. The van der Waals surface area contributed by atoms with E-state index in [-0.39, 0.29) is 5.69 Å². The summed E-state index contributed by atoms with van der Waals surface area (Å²) >= 11 is 0. The maximum atomic E-state index is 11.3. The first-order chi connectivity index (χ1) is 9.69. The van der Waals surface area contributed by atoms with Crippen LogP contribution in [0, 0.1) is 0 Å². The molecule has 0 bridgehead atoms. The van der Waals surface area contributed by atoms with Gasteiger partial charge in [-0.15, -0.1) is 0 Å². The fourth-order valence-corrected chi connectivity index (χ4v) is 2.71. The van der Waals surface area contributed by atoms with Gasteiger partial charge in [0.05, 0.1) is 12.6 Å². The number of methoxy groups -OCH3 is 1. The van der Waals surface area contributed by atoms with Crippen LogP contribution in [-0.4, -0.2) is 40.2 Å². The van der Waals surface area contributed by atoms with Gasteiger partial charge in [-0.05, 0) is 25.5 Å². The summed E-state index contributed by atoms with van der Waals surface area (Å²) in [6, 6.07) is 3.90. The van der Waals surface area contributed by atoms with Crippen LogP contribution in [0.4, 0.5) is 0 Å². The number of nitrogens with zero attached hydrogens (tertiary/aromatic N) is 2. The summed E-state index contributed by atoms with van der Waals surface area (Å²) in [6.45, 7) is 1.02. The first kappa shape index (κ1) is 12.9. The summed E-state index contributed by atoms with van der Waals surface area (Å²) in [5.74, 6) is 0.395. The van der Waals surface area contributed by atoms with Crippen LogP contribution in [0.5, 0.6) is 5.75 Å². The van der Waals surface area contributed by atoms with Gasteiger partial charge >= 0.3 is 5.97 Å². The molecule has 1 aliphatic rings. The SMILES string of the molecule is COc1ccn2c(CC3CCCN3)nc(C(=O)O)c2c1. The van der Waals surface area contributed by atoms with Crippen LogP contribution in [0.2, 0.25) is 0 Å². The molecular weight excluding hydrogens is 258 g/mol. The molecular formula is C14H17N3O3. The molecule has 3 heterocycles. The second kappa shape index (κ2) is 5.13. The van der Waals surface area contributed by atoms with Gasteiger partial charge in [0.15, 0.2) is 5.69 Å². The third kappa shape index (κ3) is 2.22. The molecule has 1 aliphatic heterocycles. The molecule has 1 unspecified atom stereocenters. The first-order valence-electron chi connectivity index (χ1n) is 6.70. The average molecular weight is 275 g/mol. The van der Waals surface area contributed by atoms with Crippen molar-refractivity contribution >= 4 is 11.5 Å². The highest BCUT2D eigenvalue weighted by Crippen LogP contribution is 2.21. The fraction of sp³-hybridized carbons (Fsp3) is 0.429. The Balaban J connectivity index is 2.05. The molecule has 20 heavy (non-hydrogen) atoms. The van der Waals surface area contributed by atoms with Crippen LogP contribution in [-0.2, 0) is 6.42 Å². The van der Waals surface area contributed by atoms with Crippen molar-refractivity contribution in [3.63, 3.8) is 0 Å². The molecule has 106 valence electrons. The van der Waals surface area contributed by atoms with Crippen molar-refractivity contribution < 1.29 is 14.6 Å². The van der Waals surface area contributed by atoms with E-state index in [4.69, 9.17) is 4.74 Å². The Morgan fingerprint density at radius 1 is 1.65 bits per heavy atom. The first-order valence-corrected chi connectivity index (χ1v) is 6.70. The Labute approximate surface area is 116 Å². The number of hydrogen-bond donors (Lipinski definition) is 2. The van der Waals surface area contributed by atoms with Crippen molar-refractivity contribution in [2.45, 2.75) is 25.3 Å². The maximum Gasteiger partial charge on any atom is 0.356 e. The van der Waals surface area contributed by atoms with Gasteiger partial charge in [-0.3, -0.25) is 0 Å². The van der Waals surface area contributed by atoms with Crippen LogP contribution in [0.15, 0.2) is 18.3 Å². The second-order valence-electron chi connectivity index (χ2n) is 5.00. The molecule has 6 heteroatoms. The summed E-state index contributed by atoms with van der Waals surface area (Å²) in [4.78, 5) is 15.6. The van der Waals surface area contributed by atoms with Crippen molar-refractivity contribution in [1.29, 1.82) is 0 Å². The molecule has 2 aromatic rings. The number of hydrogen-bond acceptors (Lipinski definition) is 4. The Kier molecular flexibility index (Phi) is 3.31. The molecule has 0 saturated carbocycles. The normalized spacial score (nSPS) is 18.6. The van der Waals surface area contributed by atoms with E-state index >= 15 is 0 Å². The van der Waals surface area contributed by atoms with Crippen molar-refractivity contribution in [2.24, 2.45) is 0 Å². The number of aromatic carboxylic acids is 1. The molecule has 1 fully saturated rings. The lowest BCUT2D eigenvalue weighted by Crippen LogP contribution is -2.24. The predicted octanol–water partition coefficient (Wildman–Crippen LogP) is 1.34. The second-order valence-corrected chi connectivity index (χ2v) is 5.00. The third-order valence-electron chi connectivity index (χ3n) is 3.72. The van der Waals surface area contributed by atoms with Crippen LogP contribution in [0.25, 0.3) is 5.52 Å². The number of aromatic nitrogens is 2. The lowest BCUT2D eigenvalue weighted by atomic mass is 10.1. The highest BCUT2D eigenvalue weighted by molar-refractivity contribution is 5.94. The van der Waals surface area contributed by atoms with E-state index < -0.39 is 5.97 Å². The van der Waals surface area contributed by atoms with Gasteiger partial charge in [0, 0.05) is 24.7 Å². The van der Waals surface area contributed by atoms with Gasteiger partial charge in [-0.1, -0.05) is 0 Å². The van der Waals surface area contributed by atoms with Crippen molar-refractivity contribution in [2.75, 3.05) is 13.7 Å². The number of carboxylic acids is 1. The van der Waals surface area contributed by atoms with E-state index in [0.717, 1.165) is 31.6 Å². The monoisotopic (exact) mass is 275 g/mol. The van der Waals surface area contributed by atoms with E-state index in [0.29, 0.717) is 17.3 Å². The zero-order chi connectivity index (χ0) is 14.1. The predicted molar refractivity (Wildman–Crippen MR) is 73.4 cm³/mol. The molecule has 3 rings (SSSR count). The quantitative estimate of drug-likeness (QED) is 0.880.